The van der Waals surface area contributed by atoms with Crippen molar-refractivity contribution < 1.29 is 19.5 Å². The molecule has 0 radical (unpaired) electrons. The molecular weight excluding hydrogens is 274 g/mol. The molecule has 1 aromatic carbocycles. The summed E-state index contributed by atoms with van der Waals surface area (Å²) in [6.07, 6.45) is 3.17. The van der Waals surface area contributed by atoms with Gasteiger partial charge in [-0.2, -0.15) is 0 Å². The number of benzene rings is 1. The van der Waals surface area contributed by atoms with Crippen LogP contribution >= 0.6 is 0 Å². The van der Waals surface area contributed by atoms with Gasteiger partial charge in [0.05, 0.1) is 0 Å². The van der Waals surface area contributed by atoms with Crippen molar-refractivity contribution in [3.05, 3.63) is 41.7 Å². The van der Waals surface area contributed by atoms with Gasteiger partial charge in [0, 0.05) is 22.7 Å². The van der Waals surface area contributed by atoms with Crippen LogP contribution in [0.3, 0.4) is 0 Å². The molecule has 7 heteroatoms. The van der Waals surface area contributed by atoms with E-state index in [1.54, 1.807) is 16.8 Å². The van der Waals surface area contributed by atoms with E-state index in [2.05, 4.69) is 10.6 Å². The van der Waals surface area contributed by atoms with Gasteiger partial charge in [-0.3, -0.25) is 14.9 Å². The smallest absolute Gasteiger partial charge is 0.326 e. The number of carbonyl (C=O) groups is 3. The first-order valence-corrected chi connectivity index (χ1v) is 6.18. The molecule has 1 saturated heterocycles. The predicted molar refractivity (Wildman–Crippen MR) is 74.2 cm³/mol. The summed E-state index contributed by atoms with van der Waals surface area (Å²) >= 11 is 0. The highest BCUT2D eigenvalue weighted by atomic mass is 16.4. The van der Waals surface area contributed by atoms with Crippen LogP contribution in [0.2, 0.25) is 0 Å². The van der Waals surface area contributed by atoms with Crippen LogP contribution in [0.1, 0.15) is 5.56 Å². The molecule has 3 N–H and O–H groups in total. The number of imide groups is 1. The van der Waals surface area contributed by atoms with Crippen LogP contribution in [0.5, 0.6) is 0 Å². The van der Waals surface area contributed by atoms with Crippen LogP contribution in [0.15, 0.2) is 36.2 Å². The van der Waals surface area contributed by atoms with Crippen LogP contribution in [-0.2, 0) is 16.1 Å². The fourth-order valence-corrected chi connectivity index (χ4v) is 2.30. The highest BCUT2D eigenvalue weighted by molar-refractivity contribution is 6.14. The van der Waals surface area contributed by atoms with Gasteiger partial charge in [0.25, 0.3) is 5.91 Å². The van der Waals surface area contributed by atoms with Crippen molar-refractivity contribution in [2.75, 3.05) is 0 Å². The van der Waals surface area contributed by atoms with E-state index in [0.29, 0.717) is 5.56 Å². The lowest BCUT2D eigenvalue weighted by Crippen LogP contribution is -2.22. The molecular formula is C14H11N3O4. The van der Waals surface area contributed by atoms with Gasteiger partial charge in [0.2, 0.25) is 0 Å². The lowest BCUT2D eigenvalue weighted by molar-refractivity contribution is -0.137. The summed E-state index contributed by atoms with van der Waals surface area (Å²) in [5.74, 6) is -1.46. The fourth-order valence-electron chi connectivity index (χ4n) is 2.30. The second-order valence-electron chi connectivity index (χ2n) is 4.59. The number of carboxylic acids is 1. The van der Waals surface area contributed by atoms with Crippen molar-refractivity contribution in [1.29, 1.82) is 0 Å². The zero-order chi connectivity index (χ0) is 15.0. The molecule has 0 atom stereocenters. The summed E-state index contributed by atoms with van der Waals surface area (Å²) in [6.45, 7) is -0.178. The van der Waals surface area contributed by atoms with E-state index in [0.717, 1.165) is 10.9 Å². The van der Waals surface area contributed by atoms with Gasteiger partial charge in [-0.05, 0) is 12.1 Å². The maximum atomic E-state index is 11.5. The number of fused-ring (bicyclic) bond motifs is 1. The molecule has 106 valence electrons. The number of urea groups is 1. The molecule has 1 fully saturated rings. The Kier molecular flexibility index (Phi) is 2.94. The first kappa shape index (κ1) is 12.9. The lowest BCUT2D eigenvalue weighted by atomic mass is 10.1. The van der Waals surface area contributed by atoms with Crippen LogP contribution < -0.4 is 10.6 Å². The van der Waals surface area contributed by atoms with E-state index in [1.165, 1.54) is 6.08 Å². The number of carboxylic acid groups (broad SMARTS) is 1. The number of aromatic nitrogens is 1. The summed E-state index contributed by atoms with van der Waals surface area (Å²) in [6, 6.07) is 6.69. The van der Waals surface area contributed by atoms with Crippen molar-refractivity contribution in [3.8, 4) is 0 Å². The first-order valence-electron chi connectivity index (χ1n) is 6.18. The number of hydrogen-bond donors (Lipinski definition) is 3. The lowest BCUT2D eigenvalue weighted by Gasteiger charge is -1.99. The summed E-state index contributed by atoms with van der Waals surface area (Å²) in [4.78, 5) is 33.6. The molecule has 1 aromatic heterocycles. The number of hydrogen-bond acceptors (Lipinski definition) is 3. The number of nitrogens with zero attached hydrogens (tertiary/aromatic N) is 1. The average molecular weight is 285 g/mol. The van der Waals surface area contributed by atoms with E-state index in [4.69, 9.17) is 5.11 Å². The number of aliphatic carboxylic acids is 1. The third-order valence-electron chi connectivity index (χ3n) is 3.14. The summed E-state index contributed by atoms with van der Waals surface area (Å²) in [7, 11) is 0. The molecule has 1 aliphatic rings. The molecule has 0 saturated carbocycles. The second kappa shape index (κ2) is 4.78. The molecule has 0 spiro atoms. The second-order valence-corrected chi connectivity index (χ2v) is 4.59. The number of nitrogens with one attached hydrogen (secondary N) is 2. The van der Waals surface area contributed by atoms with Gasteiger partial charge >= 0.3 is 12.0 Å². The Morgan fingerprint density at radius 3 is 2.67 bits per heavy atom. The van der Waals surface area contributed by atoms with Crippen LogP contribution in [0.25, 0.3) is 17.0 Å². The standard InChI is InChI=1S/C14H11N3O4/c18-12(19)7-17-6-8(9-3-1-2-4-11(9)17)5-10-13(20)16-14(21)15-10/h1-6H,7H2,(H,18,19)(H2,15,16,20,21)/b10-5+. The molecule has 0 unspecified atom stereocenters. The van der Waals surface area contributed by atoms with Crippen LogP contribution in [-0.4, -0.2) is 27.6 Å². The minimum absolute atomic E-state index is 0.137. The van der Waals surface area contributed by atoms with Gasteiger partial charge in [0.1, 0.15) is 12.2 Å². The third-order valence-corrected chi connectivity index (χ3v) is 3.14. The molecule has 0 aliphatic carbocycles. The topological polar surface area (TPSA) is 100 Å². The van der Waals surface area contributed by atoms with E-state index in [-0.39, 0.29) is 12.2 Å². The number of para-hydroxylation sites is 1. The average Bonchev–Trinajstić information content (AvgIpc) is 2.91. The maximum Gasteiger partial charge on any atom is 0.326 e. The Labute approximate surface area is 118 Å². The number of amides is 3. The quantitative estimate of drug-likeness (QED) is 0.576. The highest BCUT2D eigenvalue weighted by Crippen LogP contribution is 2.23. The fraction of sp³-hybridized carbons (Fsp3) is 0.0714. The van der Waals surface area contributed by atoms with E-state index in [9.17, 15) is 14.4 Å². The summed E-state index contributed by atoms with van der Waals surface area (Å²) in [5, 5.41) is 14.3. The normalized spacial score (nSPS) is 16.3. The number of rotatable bonds is 3. The van der Waals surface area contributed by atoms with E-state index >= 15 is 0 Å². The molecule has 3 amide bonds. The van der Waals surface area contributed by atoms with Crippen LogP contribution in [0, 0.1) is 0 Å². The molecule has 3 rings (SSSR count). The Hall–Kier alpha value is -3.09. The molecule has 1 aliphatic heterocycles. The summed E-state index contributed by atoms with van der Waals surface area (Å²) < 4.78 is 1.58. The Balaban J connectivity index is 2.11. The zero-order valence-electron chi connectivity index (χ0n) is 10.8. The van der Waals surface area contributed by atoms with Crippen molar-refractivity contribution in [2.24, 2.45) is 0 Å². The van der Waals surface area contributed by atoms with Gasteiger partial charge in [-0.1, -0.05) is 18.2 Å². The van der Waals surface area contributed by atoms with Crippen LogP contribution in [0.4, 0.5) is 4.79 Å². The minimum Gasteiger partial charge on any atom is -0.480 e. The predicted octanol–water partition coefficient (Wildman–Crippen LogP) is 0.906. The van der Waals surface area contributed by atoms with E-state index in [1.807, 2.05) is 18.2 Å². The third kappa shape index (κ3) is 2.36. The van der Waals surface area contributed by atoms with E-state index < -0.39 is 17.9 Å². The SMILES string of the molecule is O=C(O)Cn1cc(/C=C2/NC(=O)NC2=O)c2ccccc21. The van der Waals surface area contributed by atoms with Crippen molar-refractivity contribution in [3.63, 3.8) is 0 Å². The molecule has 7 nitrogen and oxygen atoms in total. The minimum atomic E-state index is -0.957. The maximum absolute atomic E-state index is 11.5. The highest BCUT2D eigenvalue weighted by Gasteiger charge is 2.23. The zero-order valence-corrected chi connectivity index (χ0v) is 10.8. The monoisotopic (exact) mass is 285 g/mol. The first-order chi connectivity index (χ1) is 10.0. The molecule has 2 heterocycles. The largest absolute Gasteiger partial charge is 0.480 e. The Morgan fingerprint density at radius 1 is 1.24 bits per heavy atom. The molecule has 0 bridgehead atoms. The van der Waals surface area contributed by atoms with Gasteiger partial charge in [-0.15, -0.1) is 0 Å². The van der Waals surface area contributed by atoms with Gasteiger partial charge in [-0.25, -0.2) is 4.79 Å². The van der Waals surface area contributed by atoms with Crippen molar-refractivity contribution in [2.45, 2.75) is 6.54 Å². The van der Waals surface area contributed by atoms with Crippen molar-refractivity contribution in [1.82, 2.24) is 15.2 Å². The molecule has 2 aromatic rings. The number of carbonyl (C=O) groups excluding carboxylic acids is 2. The molecule has 21 heavy (non-hydrogen) atoms. The summed E-state index contributed by atoms with van der Waals surface area (Å²) in [5.41, 5.74) is 1.55. The van der Waals surface area contributed by atoms with Gasteiger partial charge in [0.15, 0.2) is 0 Å². The Bertz CT molecular complexity index is 804. The van der Waals surface area contributed by atoms with Crippen molar-refractivity contribution >= 4 is 34.9 Å². The Morgan fingerprint density at radius 2 is 2.00 bits per heavy atom. The van der Waals surface area contributed by atoms with Gasteiger partial charge < -0.3 is 15.0 Å².